The predicted octanol–water partition coefficient (Wildman–Crippen LogP) is 2.76. The fourth-order valence-corrected chi connectivity index (χ4v) is 4.28. The third kappa shape index (κ3) is 6.85. The van der Waals surface area contributed by atoms with Crippen LogP contribution in [0.2, 0.25) is 0 Å². The zero-order valence-corrected chi connectivity index (χ0v) is 19.3. The van der Waals surface area contributed by atoms with E-state index in [9.17, 15) is 23.2 Å². The maximum absolute atomic E-state index is 13.2. The van der Waals surface area contributed by atoms with Gasteiger partial charge in [0.25, 0.3) is 5.91 Å². The van der Waals surface area contributed by atoms with Crippen LogP contribution < -0.4 is 10.6 Å². The molecule has 3 amide bonds. The molecule has 2 aliphatic rings. The average molecular weight is 486 g/mol. The van der Waals surface area contributed by atoms with Crippen LogP contribution in [0.25, 0.3) is 0 Å². The molecule has 0 spiro atoms. The summed E-state index contributed by atoms with van der Waals surface area (Å²) in [6, 6.07) is 10.6. The average Bonchev–Trinajstić information content (AvgIpc) is 3.63. The van der Waals surface area contributed by atoms with E-state index in [1.807, 2.05) is 0 Å². The molecule has 0 aromatic heterocycles. The minimum Gasteiger partial charge on any atom is -0.378 e. The molecule has 0 radical (unpaired) electrons. The van der Waals surface area contributed by atoms with Crippen molar-refractivity contribution in [3.05, 3.63) is 71.3 Å². The number of hydrogen-bond acceptors (Lipinski definition) is 4. The van der Waals surface area contributed by atoms with Gasteiger partial charge in [0.2, 0.25) is 11.8 Å². The Morgan fingerprint density at radius 3 is 2.26 bits per heavy atom. The van der Waals surface area contributed by atoms with Crippen LogP contribution in [-0.4, -0.2) is 61.0 Å². The minimum absolute atomic E-state index is 0.0249. The number of amides is 3. The summed E-state index contributed by atoms with van der Waals surface area (Å²) < 4.78 is 31.6. The minimum atomic E-state index is -0.800. The number of halogens is 2. The third-order valence-electron chi connectivity index (χ3n) is 6.36. The number of rotatable bonds is 9. The van der Waals surface area contributed by atoms with Crippen molar-refractivity contribution >= 4 is 17.7 Å². The Kier molecular flexibility index (Phi) is 8.07. The lowest BCUT2D eigenvalue weighted by atomic mass is 10.1. The van der Waals surface area contributed by atoms with Crippen LogP contribution >= 0.6 is 0 Å². The van der Waals surface area contributed by atoms with Crippen molar-refractivity contribution in [2.45, 2.75) is 43.7 Å². The molecular weight excluding hydrogens is 456 g/mol. The zero-order chi connectivity index (χ0) is 24.8. The summed E-state index contributed by atoms with van der Waals surface area (Å²) in [4.78, 5) is 39.8. The van der Waals surface area contributed by atoms with E-state index < -0.39 is 17.8 Å². The van der Waals surface area contributed by atoms with Crippen molar-refractivity contribution in [2.75, 3.05) is 26.3 Å². The van der Waals surface area contributed by atoms with E-state index in [4.69, 9.17) is 4.74 Å². The molecule has 0 bridgehead atoms. The van der Waals surface area contributed by atoms with Gasteiger partial charge in [-0.05, 0) is 61.2 Å². The first kappa shape index (κ1) is 24.8. The van der Waals surface area contributed by atoms with E-state index in [-0.39, 0.29) is 41.6 Å². The normalized spacial score (nSPS) is 20.1. The molecule has 186 valence electrons. The van der Waals surface area contributed by atoms with Crippen molar-refractivity contribution in [1.82, 2.24) is 15.5 Å². The number of carbonyl (C=O) groups is 3. The highest BCUT2D eigenvalue weighted by Gasteiger charge is 2.39. The molecule has 1 aliphatic heterocycles. The van der Waals surface area contributed by atoms with E-state index in [1.165, 1.54) is 36.4 Å². The number of benzene rings is 2. The van der Waals surface area contributed by atoms with E-state index in [0.29, 0.717) is 39.1 Å². The molecule has 2 aromatic carbocycles. The van der Waals surface area contributed by atoms with Gasteiger partial charge in [-0.25, -0.2) is 8.78 Å². The Bertz CT molecular complexity index is 1040. The van der Waals surface area contributed by atoms with Gasteiger partial charge in [0.1, 0.15) is 17.7 Å². The van der Waals surface area contributed by atoms with Crippen LogP contribution in [0.5, 0.6) is 0 Å². The molecule has 4 rings (SSSR count). The Hall–Kier alpha value is -3.33. The van der Waals surface area contributed by atoms with Crippen molar-refractivity contribution in [2.24, 2.45) is 0 Å². The predicted molar refractivity (Wildman–Crippen MR) is 125 cm³/mol. The van der Waals surface area contributed by atoms with Crippen molar-refractivity contribution in [3.63, 3.8) is 0 Å². The number of carbonyl (C=O) groups excluding carboxylic acids is 3. The van der Waals surface area contributed by atoms with Crippen LogP contribution in [0.1, 0.15) is 47.5 Å². The highest BCUT2D eigenvalue weighted by molar-refractivity contribution is 5.97. The second-order valence-electron chi connectivity index (χ2n) is 8.93. The van der Waals surface area contributed by atoms with Crippen LogP contribution in [0.3, 0.4) is 0 Å². The lowest BCUT2D eigenvalue weighted by molar-refractivity contribution is -0.137. The van der Waals surface area contributed by atoms with Gasteiger partial charge in [-0.15, -0.1) is 0 Å². The number of nitrogens with zero attached hydrogens (tertiary/aromatic N) is 1. The van der Waals surface area contributed by atoms with Crippen LogP contribution in [0.4, 0.5) is 8.78 Å². The molecule has 35 heavy (non-hydrogen) atoms. The molecule has 2 N–H and O–H groups in total. The topological polar surface area (TPSA) is 87.7 Å². The standard InChI is InChI=1S/C26H29F2N3O4/c27-19-8-4-17(5-9-19)21-16-23(21)29-24(32)3-1-2-22(26(34)31-12-14-35-15-13-31)30-25(33)18-6-10-20(28)11-7-18/h4-11,21-23H,1-3,12-16H2,(H,29,32)(H,30,33). The Labute approximate surface area is 202 Å². The second-order valence-corrected chi connectivity index (χ2v) is 8.93. The first-order valence-corrected chi connectivity index (χ1v) is 11.9. The zero-order valence-electron chi connectivity index (χ0n) is 19.3. The number of hydrogen-bond donors (Lipinski definition) is 2. The van der Waals surface area contributed by atoms with Gasteiger partial charge in [-0.2, -0.15) is 0 Å². The van der Waals surface area contributed by atoms with Crippen molar-refractivity contribution < 1.29 is 27.9 Å². The Morgan fingerprint density at radius 2 is 1.60 bits per heavy atom. The molecule has 3 unspecified atom stereocenters. The molecule has 1 heterocycles. The van der Waals surface area contributed by atoms with Gasteiger partial charge in [-0.1, -0.05) is 12.1 Å². The van der Waals surface area contributed by atoms with Gasteiger partial charge < -0.3 is 20.3 Å². The van der Waals surface area contributed by atoms with Gasteiger partial charge in [0.15, 0.2) is 0 Å². The van der Waals surface area contributed by atoms with Crippen molar-refractivity contribution in [3.8, 4) is 0 Å². The molecule has 1 saturated carbocycles. The fraction of sp³-hybridized carbons (Fsp3) is 0.423. The van der Waals surface area contributed by atoms with E-state index in [1.54, 1.807) is 17.0 Å². The fourth-order valence-electron chi connectivity index (χ4n) is 4.28. The number of nitrogens with one attached hydrogen (secondary N) is 2. The van der Waals surface area contributed by atoms with Crippen LogP contribution in [-0.2, 0) is 14.3 Å². The molecular formula is C26H29F2N3O4. The van der Waals surface area contributed by atoms with Crippen LogP contribution in [0, 0.1) is 11.6 Å². The maximum atomic E-state index is 13.2. The van der Waals surface area contributed by atoms with Crippen LogP contribution in [0.15, 0.2) is 48.5 Å². The quantitative estimate of drug-likeness (QED) is 0.572. The summed E-state index contributed by atoms with van der Waals surface area (Å²) in [5, 5.41) is 5.74. The molecule has 1 saturated heterocycles. The van der Waals surface area contributed by atoms with Gasteiger partial charge in [0, 0.05) is 37.0 Å². The monoisotopic (exact) mass is 485 g/mol. The Balaban J connectivity index is 1.29. The number of ether oxygens (including phenoxy) is 1. The highest BCUT2D eigenvalue weighted by Crippen LogP contribution is 2.40. The van der Waals surface area contributed by atoms with E-state index in [0.717, 1.165) is 12.0 Å². The second kappa shape index (κ2) is 11.4. The number of morpholine rings is 1. The summed E-state index contributed by atoms with van der Waals surface area (Å²) in [5.41, 5.74) is 1.25. The molecule has 2 aromatic rings. The first-order chi connectivity index (χ1) is 16.9. The summed E-state index contributed by atoms with van der Waals surface area (Å²) in [6.45, 7) is 1.75. The van der Waals surface area contributed by atoms with Gasteiger partial charge >= 0.3 is 0 Å². The maximum Gasteiger partial charge on any atom is 0.251 e. The molecule has 9 heteroatoms. The lowest BCUT2D eigenvalue weighted by Crippen LogP contribution is -2.51. The first-order valence-electron chi connectivity index (χ1n) is 11.9. The smallest absolute Gasteiger partial charge is 0.251 e. The molecule has 7 nitrogen and oxygen atoms in total. The summed E-state index contributed by atoms with van der Waals surface area (Å²) in [6.07, 6.45) is 1.72. The third-order valence-corrected chi connectivity index (χ3v) is 6.36. The summed E-state index contributed by atoms with van der Waals surface area (Å²) in [7, 11) is 0. The molecule has 1 aliphatic carbocycles. The van der Waals surface area contributed by atoms with E-state index >= 15 is 0 Å². The highest BCUT2D eigenvalue weighted by atomic mass is 19.1. The summed E-state index contributed by atoms with van der Waals surface area (Å²) in [5.74, 6) is -1.37. The SMILES string of the molecule is O=C(CCCC(NC(=O)c1ccc(F)cc1)C(=O)N1CCOCC1)NC1CC1c1ccc(F)cc1. The molecule has 3 atom stereocenters. The largest absolute Gasteiger partial charge is 0.378 e. The summed E-state index contributed by atoms with van der Waals surface area (Å²) >= 11 is 0. The van der Waals surface area contributed by atoms with E-state index in [2.05, 4.69) is 10.6 Å². The Morgan fingerprint density at radius 1 is 0.971 bits per heavy atom. The van der Waals surface area contributed by atoms with Crippen molar-refractivity contribution in [1.29, 1.82) is 0 Å². The van der Waals surface area contributed by atoms with Gasteiger partial charge in [0.05, 0.1) is 13.2 Å². The van der Waals surface area contributed by atoms with Gasteiger partial charge in [-0.3, -0.25) is 14.4 Å². The lowest BCUT2D eigenvalue weighted by Gasteiger charge is -2.30. The molecule has 2 fully saturated rings.